The first-order valence-electron chi connectivity index (χ1n) is 6.76. The third-order valence-corrected chi connectivity index (χ3v) is 4.72. The molecule has 4 nitrogen and oxygen atoms in total. The summed E-state index contributed by atoms with van der Waals surface area (Å²) in [5, 5.41) is 14.3. The van der Waals surface area contributed by atoms with E-state index in [1.54, 1.807) is 11.3 Å². The van der Waals surface area contributed by atoms with Crippen molar-refractivity contribution in [3.63, 3.8) is 0 Å². The summed E-state index contributed by atoms with van der Waals surface area (Å²) in [6.07, 6.45) is 2.00. The second kappa shape index (κ2) is 5.34. The highest BCUT2D eigenvalue weighted by Gasteiger charge is 2.17. The van der Waals surface area contributed by atoms with Crippen molar-refractivity contribution in [1.82, 2.24) is 19.9 Å². The van der Waals surface area contributed by atoms with Crippen LogP contribution in [0.15, 0.2) is 35.8 Å². The van der Waals surface area contributed by atoms with Crippen LogP contribution in [0.5, 0.6) is 0 Å². The number of hydrogen-bond donors (Lipinski definition) is 1. The summed E-state index contributed by atoms with van der Waals surface area (Å²) in [5.74, 6) is 0.946. The van der Waals surface area contributed by atoms with Gasteiger partial charge < -0.3 is 5.32 Å². The molecule has 2 unspecified atom stereocenters. The van der Waals surface area contributed by atoms with Crippen LogP contribution in [-0.4, -0.2) is 14.6 Å². The third-order valence-electron chi connectivity index (χ3n) is 3.52. The van der Waals surface area contributed by atoms with Crippen molar-refractivity contribution in [3.8, 4) is 0 Å². The van der Waals surface area contributed by atoms with Gasteiger partial charge in [0.05, 0.1) is 6.04 Å². The monoisotopic (exact) mass is 286 g/mol. The molecule has 0 aliphatic rings. The Morgan fingerprint density at radius 2 is 2.00 bits per heavy atom. The third kappa shape index (κ3) is 2.34. The van der Waals surface area contributed by atoms with Crippen LogP contribution in [0.1, 0.15) is 42.2 Å². The molecule has 0 bridgehead atoms. The second-order valence-corrected chi connectivity index (χ2v) is 6.01. The molecule has 0 saturated carbocycles. The Hall–Kier alpha value is -1.72. The van der Waals surface area contributed by atoms with Gasteiger partial charge in [-0.2, -0.15) is 0 Å². The summed E-state index contributed by atoms with van der Waals surface area (Å²) in [4.78, 5) is 1.38. The number of pyridine rings is 1. The van der Waals surface area contributed by atoms with Crippen molar-refractivity contribution in [2.24, 2.45) is 0 Å². The van der Waals surface area contributed by atoms with Crippen molar-refractivity contribution in [1.29, 1.82) is 0 Å². The number of rotatable bonds is 4. The van der Waals surface area contributed by atoms with E-state index in [4.69, 9.17) is 0 Å². The van der Waals surface area contributed by atoms with Crippen LogP contribution in [0.4, 0.5) is 0 Å². The number of nitrogens with one attached hydrogen (secondary N) is 1. The van der Waals surface area contributed by atoms with Crippen molar-refractivity contribution in [2.75, 3.05) is 0 Å². The SMILES string of the molecule is Cc1ccsc1C(C)NC(C)c1nnc2ccccn12. The average Bonchev–Trinajstić information content (AvgIpc) is 3.04. The Morgan fingerprint density at radius 1 is 1.15 bits per heavy atom. The fourth-order valence-electron chi connectivity index (χ4n) is 2.51. The molecule has 0 radical (unpaired) electrons. The molecule has 3 rings (SSSR count). The predicted octanol–water partition coefficient (Wildman–Crippen LogP) is 3.51. The Bertz CT molecular complexity index is 715. The quantitative estimate of drug-likeness (QED) is 0.798. The normalized spacial score (nSPS) is 14.6. The minimum Gasteiger partial charge on any atom is -0.300 e. The molecule has 0 fully saturated rings. The van der Waals surface area contributed by atoms with E-state index in [-0.39, 0.29) is 6.04 Å². The molecular formula is C15H18N4S. The first-order valence-corrected chi connectivity index (χ1v) is 7.64. The molecule has 0 amide bonds. The fourth-order valence-corrected chi connectivity index (χ4v) is 3.45. The molecule has 20 heavy (non-hydrogen) atoms. The van der Waals surface area contributed by atoms with Gasteiger partial charge in [0.25, 0.3) is 0 Å². The van der Waals surface area contributed by atoms with Gasteiger partial charge in [0, 0.05) is 17.1 Å². The Balaban J connectivity index is 1.83. The largest absolute Gasteiger partial charge is 0.300 e. The predicted molar refractivity (Wildman–Crippen MR) is 82.0 cm³/mol. The highest BCUT2D eigenvalue weighted by molar-refractivity contribution is 7.10. The summed E-state index contributed by atoms with van der Waals surface area (Å²) >= 11 is 1.80. The van der Waals surface area contributed by atoms with E-state index in [2.05, 4.69) is 47.7 Å². The van der Waals surface area contributed by atoms with Crippen LogP contribution in [0.25, 0.3) is 5.65 Å². The maximum atomic E-state index is 4.31. The van der Waals surface area contributed by atoms with Gasteiger partial charge in [0.15, 0.2) is 11.5 Å². The van der Waals surface area contributed by atoms with Gasteiger partial charge in [0.2, 0.25) is 0 Å². The Morgan fingerprint density at radius 3 is 2.75 bits per heavy atom. The summed E-state index contributed by atoms with van der Waals surface area (Å²) in [6.45, 7) is 6.47. The lowest BCUT2D eigenvalue weighted by molar-refractivity contribution is 0.477. The number of hydrogen-bond acceptors (Lipinski definition) is 4. The highest BCUT2D eigenvalue weighted by Crippen LogP contribution is 2.25. The van der Waals surface area contributed by atoms with Crippen molar-refractivity contribution < 1.29 is 0 Å². The van der Waals surface area contributed by atoms with E-state index in [9.17, 15) is 0 Å². The maximum Gasteiger partial charge on any atom is 0.160 e. The van der Waals surface area contributed by atoms with Crippen molar-refractivity contribution in [3.05, 3.63) is 52.1 Å². The Labute approximate surface area is 122 Å². The van der Waals surface area contributed by atoms with Crippen LogP contribution in [0, 0.1) is 6.92 Å². The molecule has 0 aliphatic carbocycles. The number of nitrogens with zero attached hydrogens (tertiary/aromatic N) is 3. The van der Waals surface area contributed by atoms with Gasteiger partial charge in [-0.3, -0.25) is 4.40 Å². The zero-order valence-corrected chi connectivity index (χ0v) is 12.7. The fraction of sp³-hybridized carbons (Fsp3) is 0.333. The van der Waals surface area contributed by atoms with Crippen LogP contribution in [0.2, 0.25) is 0 Å². The lowest BCUT2D eigenvalue weighted by Gasteiger charge is -2.18. The molecule has 0 saturated heterocycles. The molecule has 104 valence electrons. The Kier molecular flexibility index (Phi) is 3.54. The van der Waals surface area contributed by atoms with Crippen molar-refractivity contribution >= 4 is 17.0 Å². The van der Waals surface area contributed by atoms with Gasteiger partial charge in [-0.1, -0.05) is 6.07 Å². The highest BCUT2D eigenvalue weighted by atomic mass is 32.1. The first-order chi connectivity index (χ1) is 9.66. The average molecular weight is 286 g/mol. The minimum atomic E-state index is 0.142. The molecule has 2 atom stereocenters. The second-order valence-electron chi connectivity index (χ2n) is 5.06. The van der Waals surface area contributed by atoms with Gasteiger partial charge in [0.1, 0.15) is 0 Å². The number of thiophene rings is 1. The van der Waals surface area contributed by atoms with Crippen LogP contribution >= 0.6 is 11.3 Å². The molecule has 0 aliphatic heterocycles. The summed E-state index contributed by atoms with van der Waals surface area (Å²) in [5.41, 5.74) is 2.23. The molecule has 0 spiro atoms. The lowest BCUT2D eigenvalue weighted by atomic mass is 10.1. The van der Waals surface area contributed by atoms with E-state index < -0.39 is 0 Å². The number of fused-ring (bicyclic) bond motifs is 1. The van der Waals surface area contributed by atoms with E-state index in [1.165, 1.54) is 10.4 Å². The molecule has 3 aromatic heterocycles. The molecule has 0 aromatic carbocycles. The summed E-state index contributed by atoms with van der Waals surface area (Å²) < 4.78 is 2.03. The van der Waals surface area contributed by atoms with Crippen LogP contribution in [0.3, 0.4) is 0 Å². The van der Waals surface area contributed by atoms with Crippen LogP contribution in [-0.2, 0) is 0 Å². The lowest BCUT2D eigenvalue weighted by Crippen LogP contribution is -2.24. The molecule has 1 N–H and O–H groups in total. The van der Waals surface area contributed by atoms with Gasteiger partial charge >= 0.3 is 0 Å². The topological polar surface area (TPSA) is 42.2 Å². The zero-order chi connectivity index (χ0) is 14.1. The molecule has 5 heteroatoms. The number of aromatic nitrogens is 3. The minimum absolute atomic E-state index is 0.142. The first kappa shape index (κ1) is 13.3. The van der Waals surface area contributed by atoms with Crippen molar-refractivity contribution in [2.45, 2.75) is 32.9 Å². The van der Waals surface area contributed by atoms with Gasteiger partial charge in [-0.25, -0.2) is 0 Å². The maximum absolute atomic E-state index is 4.31. The van der Waals surface area contributed by atoms with E-state index in [0.717, 1.165) is 11.5 Å². The van der Waals surface area contributed by atoms with E-state index in [1.807, 2.05) is 28.8 Å². The zero-order valence-electron chi connectivity index (χ0n) is 11.9. The molecular weight excluding hydrogens is 268 g/mol. The smallest absolute Gasteiger partial charge is 0.160 e. The van der Waals surface area contributed by atoms with Gasteiger partial charge in [-0.15, -0.1) is 21.5 Å². The van der Waals surface area contributed by atoms with E-state index in [0.29, 0.717) is 6.04 Å². The molecule has 3 aromatic rings. The molecule has 3 heterocycles. The summed E-state index contributed by atoms with van der Waals surface area (Å²) in [6, 6.07) is 8.55. The summed E-state index contributed by atoms with van der Waals surface area (Å²) in [7, 11) is 0. The standard InChI is InChI=1S/C15H18N4S/c1-10-7-9-20-14(10)11(2)16-12(3)15-18-17-13-6-4-5-8-19(13)15/h4-9,11-12,16H,1-3H3. The van der Waals surface area contributed by atoms with E-state index >= 15 is 0 Å². The van der Waals surface area contributed by atoms with Crippen LogP contribution < -0.4 is 5.32 Å². The number of aryl methyl sites for hydroxylation is 1. The van der Waals surface area contributed by atoms with Gasteiger partial charge in [-0.05, 0) is 49.9 Å².